The number of nitrogens with one attached hydrogen (secondary N) is 1. The highest BCUT2D eigenvalue weighted by Crippen LogP contribution is 2.19. The van der Waals surface area contributed by atoms with Gasteiger partial charge in [0.1, 0.15) is 0 Å². The average molecular weight is 206 g/mol. The molecule has 1 rings (SSSR count). The molecule has 15 heavy (non-hydrogen) atoms. The lowest BCUT2D eigenvalue weighted by Gasteiger charge is -2.27. The van der Waals surface area contributed by atoms with Gasteiger partial charge in [0, 0.05) is 37.6 Å². The van der Waals surface area contributed by atoms with Crippen LogP contribution >= 0.6 is 0 Å². The van der Waals surface area contributed by atoms with E-state index in [2.05, 4.69) is 16.8 Å². The number of amidine groups is 1. The van der Waals surface area contributed by atoms with Gasteiger partial charge in [0.25, 0.3) is 0 Å². The quantitative estimate of drug-likeness (QED) is 0.580. The van der Waals surface area contributed by atoms with Crippen molar-refractivity contribution in [3.63, 3.8) is 0 Å². The molecular weight excluding hydrogens is 188 g/mol. The molecule has 0 saturated heterocycles. The minimum atomic E-state index is 0.223. The Kier molecular flexibility index (Phi) is 3.66. The lowest BCUT2D eigenvalue weighted by Crippen LogP contribution is -2.33. The fourth-order valence-corrected chi connectivity index (χ4v) is 1.55. The van der Waals surface area contributed by atoms with Crippen molar-refractivity contribution in [1.29, 1.82) is 5.41 Å². The number of pyridine rings is 1. The van der Waals surface area contributed by atoms with Gasteiger partial charge in [-0.25, -0.2) is 0 Å². The Labute approximate surface area is 90.6 Å². The monoisotopic (exact) mass is 206 g/mol. The smallest absolute Gasteiger partial charge is 0.0925 e. The second kappa shape index (κ2) is 4.77. The first-order chi connectivity index (χ1) is 7.02. The normalized spacial score (nSPS) is 12.2. The van der Waals surface area contributed by atoms with Crippen LogP contribution in [0, 0.1) is 12.3 Å². The summed E-state index contributed by atoms with van der Waals surface area (Å²) < 4.78 is 0. The Hall–Kier alpha value is -1.58. The maximum Gasteiger partial charge on any atom is 0.0925 e. The first-order valence-corrected chi connectivity index (χ1v) is 4.98. The van der Waals surface area contributed by atoms with Crippen LogP contribution in [0.5, 0.6) is 0 Å². The van der Waals surface area contributed by atoms with E-state index in [4.69, 9.17) is 11.1 Å². The molecule has 0 bridgehead atoms. The third kappa shape index (κ3) is 2.94. The number of aryl methyl sites for hydroxylation is 1. The van der Waals surface area contributed by atoms with Crippen molar-refractivity contribution in [1.82, 2.24) is 4.98 Å². The Morgan fingerprint density at radius 3 is 2.87 bits per heavy atom. The zero-order chi connectivity index (χ0) is 11.4. The van der Waals surface area contributed by atoms with Gasteiger partial charge in [-0.3, -0.25) is 10.4 Å². The van der Waals surface area contributed by atoms with Crippen molar-refractivity contribution in [2.24, 2.45) is 5.73 Å². The highest BCUT2D eigenvalue weighted by Gasteiger charge is 2.12. The lowest BCUT2D eigenvalue weighted by atomic mass is 10.1. The van der Waals surface area contributed by atoms with E-state index in [0.29, 0.717) is 6.42 Å². The summed E-state index contributed by atoms with van der Waals surface area (Å²) in [7, 11) is 2.01. The topological polar surface area (TPSA) is 66.0 Å². The molecule has 1 atom stereocenters. The lowest BCUT2D eigenvalue weighted by molar-refractivity contribution is 0.706. The Bertz CT molecular complexity index is 348. The molecule has 82 valence electrons. The van der Waals surface area contributed by atoms with E-state index in [9.17, 15) is 0 Å². The number of anilines is 1. The fraction of sp³-hybridized carbons (Fsp3) is 0.455. The molecular formula is C11H18N4. The number of hydrogen-bond acceptors (Lipinski definition) is 3. The molecule has 0 aliphatic heterocycles. The van der Waals surface area contributed by atoms with Crippen LogP contribution < -0.4 is 10.6 Å². The summed E-state index contributed by atoms with van der Waals surface area (Å²) in [6.07, 6.45) is 4.20. The molecule has 1 aromatic heterocycles. The minimum absolute atomic E-state index is 0.223. The van der Waals surface area contributed by atoms with E-state index in [0.717, 1.165) is 11.3 Å². The third-order valence-electron chi connectivity index (χ3n) is 2.55. The van der Waals surface area contributed by atoms with Gasteiger partial charge < -0.3 is 10.6 Å². The molecule has 1 aromatic rings. The van der Waals surface area contributed by atoms with Crippen LogP contribution in [0.1, 0.15) is 18.9 Å². The summed E-state index contributed by atoms with van der Waals surface area (Å²) in [6.45, 7) is 4.08. The second-order valence-corrected chi connectivity index (χ2v) is 3.85. The first-order valence-electron chi connectivity index (χ1n) is 4.98. The molecule has 0 radical (unpaired) electrons. The summed E-state index contributed by atoms with van der Waals surface area (Å²) in [5.74, 6) is 0.223. The molecule has 0 fully saturated rings. The van der Waals surface area contributed by atoms with Crippen molar-refractivity contribution in [3.05, 3.63) is 24.0 Å². The van der Waals surface area contributed by atoms with Gasteiger partial charge in [-0.05, 0) is 25.5 Å². The van der Waals surface area contributed by atoms with E-state index in [1.807, 2.05) is 26.2 Å². The number of aromatic nitrogens is 1. The maximum absolute atomic E-state index is 7.27. The zero-order valence-corrected chi connectivity index (χ0v) is 9.49. The number of nitrogens with zero attached hydrogens (tertiary/aromatic N) is 2. The van der Waals surface area contributed by atoms with Gasteiger partial charge in [0.05, 0.1) is 5.84 Å². The number of hydrogen-bond donors (Lipinski definition) is 2. The number of rotatable bonds is 4. The Morgan fingerprint density at radius 2 is 2.33 bits per heavy atom. The molecule has 4 nitrogen and oxygen atoms in total. The zero-order valence-electron chi connectivity index (χ0n) is 9.49. The molecule has 1 unspecified atom stereocenters. The summed E-state index contributed by atoms with van der Waals surface area (Å²) in [5, 5.41) is 7.27. The maximum atomic E-state index is 7.27. The van der Waals surface area contributed by atoms with Crippen LogP contribution in [0.4, 0.5) is 5.69 Å². The third-order valence-corrected chi connectivity index (χ3v) is 2.55. The molecule has 0 saturated carbocycles. The second-order valence-electron chi connectivity index (χ2n) is 3.85. The molecule has 0 aliphatic rings. The van der Waals surface area contributed by atoms with E-state index >= 15 is 0 Å². The van der Waals surface area contributed by atoms with Crippen LogP contribution in [0.3, 0.4) is 0 Å². The molecule has 0 aliphatic carbocycles. The molecule has 1 heterocycles. The molecule has 4 heteroatoms. The van der Waals surface area contributed by atoms with Gasteiger partial charge in [0.2, 0.25) is 0 Å². The SMILES string of the molecule is Cc1cnccc1N(C)C(C)CC(=N)N. The highest BCUT2D eigenvalue weighted by atomic mass is 15.1. The number of nitrogens with two attached hydrogens (primary N) is 1. The average Bonchev–Trinajstić information content (AvgIpc) is 2.16. The predicted octanol–water partition coefficient (Wildman–Crippen LogP) is 1.54. The molecule has 0 amide bonds. The van der Waals surface area contributed by atoms with E-state index in [1.165, 1.54) is 0 Å². The highest BCUT2D eigenvalue weighted by molar-refractivity contribution is 5.78. The Morgan fingerprint density at radius 1 is 1.67 bits per heavy atom. The summed E-state index contributed by atoms with van der Waals surface area (Å²) in [5.41, 5.74) is 7.66. The van der Waals surface area contributed by atoms with Crippen molar-refractivity contribution in [2.45, 2.75) is 26.3 Å². The van der Waals surface area contributed by atoms with Crippen molar-refractivity contribution < 1.29 is 0 Å². The summed E-state index contributed by atoms with van der Waals surface area (Å²) >= 11 is 0. The first kappa shape index (κ1) is 11.5. The van der Waals surface area contributed by atoms with Crippen LogP contribution in [0.25, 0.3) is 0 Å². The van der Waals surface area contributed by atoms with Crippen LogP contribution in [-0.4, -0.2) is 23.9 Å². The van der Waals surface area contributed by atoms with Crippen LogP contribution in [-0.2, 0) is 0 Å². The van der Waals surface area contributed by atoms with E-state index < -0.39 is 0 Å². The summed E-state index contributed by atoms with van der Waals surface area (Å²) in [4.78, 5) is 6.18. The fourth-order valence-electron chi connectivity index (χ4n) is 1.55. The largest absolute Gasteiger partial charge is 0.388 e. The van der Waals surface area contributed by atoms with Crippen LogP contribution in [0.2, 0.25) is 0 Å². The summed E-state index contributed by atoms with van der Waals surface area (Å²) in [6, 6.07) is 2.20. The molecule has 0 spiro atoms. The minimum Gasteiger partial charge on any atom is -0.388 e. The van der Waals surface area contributed by atoms with Gasteiger partial charge in [-0.15, -0.1) is 0 Å². The van der Waals surface area contributed by atoms with Gasteiger partial charge >= 0.3 is 0 Å². The van der Waals surface area contributed by atoms with E-state index in [1.54, 1.807) is 6.20 Å². The van der Waals surface area contributed by atoms with Crippen LogP contribution in [0.15, 0.2) is 18.5 Å². The standard InChI is InChI=1S/C11H18N4/c1-8-7-14-5-4-10(8)15(3)9(2)6-11(12)13/h4-5,7,9H,6H2,1-3H3,(H3,12,13). The van der Waals surface area contributed by atoms with Crippen molar-refractivity contribution in [2.75, 3.05) is 11.9 Å². The van der Waals surface area contributed by atoms with Gasteiger partial charge in [0.15, 0.2) is 0 Å². The van der Waals surface area contributed by atoms with Crippen molar-refractivity contribution in [3.8, 4) is 0 Å². The molecule has 3 N–H and O–H groups in total. The van der Waals surface area contributed by atoms with Gasteiger partial charge in [-0.1, -0.05) is 0 Å². The van der Waals surface area contributed by atoms with E-state index in [-0.39, 0.29) is 11.9 Å². The Balaban J connectivity index is 2.80. The molecule has 0 aromatic carbocycles. The van der Waals surface area contributed by atoms with Gasteiger partial charge in [-0.2, -0.15) is 0 Å². The predicted molar refractivity (Wildman–Crippen MR) is 63.4 cm³/mol. The van der Waals surface area contributed by atoms with Crippen molar-refractivity contribution >= 4 is 11.5 Å².